The molecule has 10 heteroatoms. The summed E-state index contributed by atoms with van der Waals surface area (Å²) in [5, 5.41) is 12.9. The summed E-state index contributed by atoms with van der Waals surface area (Å²) < 4.78 is 38.8. The number of alkyl halides is 1. The fraction of sp³-hybridized carbons (Fsp3) is 0.625. The van der Waals surface area contributed by atoms with E-state index >= 15 is 0 Å². The third-order valence-corrected chi connectivity index (χ3v) is 5.66. The number of aliphatic hydroxyl groups is 1. The summed E-state index contributed by atoms with van der Waals surface area (Å²) >= 11 is 0. The average Bonchev–Trinajstić information content (AvgIpc) is 2.94. The van der Waals surface area contributed by atoms with Crippen LogP contribution in [0.3, 0.4) is 0 Å². The quantitative estimate of drug-likeness (QED) is 0.616. The summed E-state index contributed by atoms with van der Waals surface area (Å²) in [5.41, 5.74) is 4.46. The molecule has 0 radical (unpaired) electrons. The van der Waals surface area contributed by atoms with Gasteiger partial charge in [-0.05, 0) is 26.3 Å². The topological polar surface area (TPSA) is 126 Å². The number of hydrogen-bond acceptors (Lipinski definition) is 6. The lowest BCUT2D eigenvalue weighted by molar-refractivity contribution is -0.00307. The van der Waals surface area contributed by atoms with Gasteiger partial charge in [0.2, 0.25) is 10.0 Å². The summed E-state index contributed by atoms with van der Waals surface area (Å²) in [6, 6.07) is 1.35. The van der Waals surface area contributed by atoms with Gasteiger partial charge in [-0.3, -0.25) is 9.78 Å². The van der Waals surface area contributed by atoms with Crippen LogP contribution in [-0.2, 0) is 16.4 Å². The molecule has 1 aromatic rings. The lowest BCUT2D eigenvalue weighted by Gasteiger charge is -2.23. The number of amides is 1. The van der Waals surface area contributed by atoms with E-state index in [1.807, 2.05) is 0 Å². The van der Waals surface area contributed by atoms with Gasteiger partial charge in [0.25, 0.3) is 5.91 Å². The standard InChI is InChI=1S/C16H25FN4O4S/c1-16(2,23)13(17)8-12-14(15(18)22)11(4-6-19-12)20-10-5-7-21(9-10)26(3,24)25/h4,6,10,13,23H,5,7-9H2,1-3H3,(H2,18,22)(H,19,20)/t10-,13-/m1/s1. The van der Waals surface area contributed by atoms with Crippen molar-refractivity contribution in [2.24, 2.45) is 5.73 Å². The molecule has 26 heavy (non-hydrogen) atoms. The van der Waals surface area contributed by atoms with Crippen molar-refractivity contribution in [1.29, 1.82) is 0 Å². The van der Waals surface area contributed by atoms with Crippen LogP contribution < -0.4 is 11.1 Å². The van der Waals surface area contributed by atoms with E-state index in [2.05, 4.69) is 10.3 Å². The first-order valence-corrected chi connectivity index (χ1v) is 10.1. The first-order chi connectivity index (χ1) is 11.9. The molecule has 0 bridgehead atoms. The monoisotopic (exact) mass is 388 g/mol. The minimum Gasteiger partial charge on any atom is -0.387 e. The van der Waals surface area contributed by atoms with Crippen LogP contribution >= 0.6 is 0 Å². The summed E-state index contributed by atoms with van der Waals surface area (Å²) in [5.74, 6) is -0.767. The van der Waals surface area contributed by atoms with Crippen LogP contribution in [0.4, 0.5) is 10.1 Å². The Morgan fingerprint density at radius 2 is 2.23 bits per heavy atom. The fourth-order valence-corrected chi connectivity index (χ4v) is 3.73. The highest BCUT2D eigenvalue weighted by Crippen LogP contribution is 2.25. The molecule has 1 saturated heterocycles. The number of carbonyl (C=O) groups is 1. The largest absolute Gasteiger partial charge is 0.387 e. The number of aromatic nitrogens is 1. The van der Waals surface area contributed by atoms with Crippen molar-refractivity contribution in [3.05, 3.63) is 23.5 Å². The second kappa shape index (κ2) is 7.45. The van der Waals surface area contributed by atoms with Gasteiger partial charge >= 0.3 is 0 Å². The van der Waals surface area contributed by atoms with Crippen molar-refractivity contribution >= 4 is 21.6 Å². The number of hydrogen-bond donors (Lipinski definition) is 3. The Balaban J connectivity index is 2.24. The molecular formula is C16H25FN4O4S. The van der Waals surface area contributed by atoms with Crippen molar-refractivity contribution in [2.45, 2.75) is 44.5 Å². The third-order valence-electron chi connectivity index (χ3n) is 4.39. The van der Waals surface area contributed by atoms with Crippen LogP contribution in [0.5, 0.6) is 0 Å². The van der Waals surface area contributed by atoms with Crippen LogP contribution in [-0.4, -0.2) is 65.9 Å². The Labute approximate surface area is 152 Å². The number of pyridine rings is 1. The number of carbonyl (C=O) groups excluding carboxylic acids is 1. The molecule has 2 rings (SSSR count). The highest BCUT2D eigenvalue weighted by molar-refractivity contribution is 7.88. The van der Waals surface area contributed by atoms with Gasteiger partial charge in [0.15, 0.2) is 0 Å². The van der Waals surface area contributed by atoms with Crippen LogP contribution in [0.15, 0.2) is 12.3 Å². The Kier molecular flexibility index (Phi) is 5.89. The van der Waals surface area contributed by atoms with Crippen LogP contribution in [0.25, 0.3) is 0 Å². The third kappa shape index (κ3) is 4.89. The maximum absolute atomic E-state index is 14.2. The van der Waals surface area contributed by atoms with E-state index < -0.39 is 27.7 Å². The lowest BCUT2D eigenvalue weighted by Crippen LogP contribution is -2.35. The van der Waals surface area contributed by atoms with Gasteiger partial charge in [-0.1, -0.05) is 0 Å². The van der Waals surface area contributed by atoms with Gasteiger partial charge in [-0.25, -0.2) is 17.1 Å². The molecule has 1 fully saturated rings. The lowest BCUT2D eigenvalue weighted by atomic mass is 9.96. The van der Waals surface area contributed by atoms with E-state index in [1.54, 1.807) is 6.07 Å². The molecule has 1 aliphatic rings. The zero-order valence-corrected chi connectivity index (χ0v) is 15.9. The van der Waals surface area contributed by atoms with E-state index in [0.29, 0.717) is 18.7 Å². The van der Waals surface area contributed by atoms with E-state index in [4.69, 9.17) is 5.73 Å². The number of rotatable bonds is 7. The zero-order valence-electron chi connectivity index (χ0n) is 15.1. The van der Waals surface area contributed by atoms with E-state index in [-0.39, 0.29) is 30.3 Å². The molecule has 1 aromatic heterocycles. The molecule has 2 heterocycles. The summed E-state index contributed by atoms with van der Waals surface area (Å²) in [6.45, 7) is 3.32. The zero-order chi connectivity index (χ0) is 19.7. The maximum atomic E-state index is 14.2. The number of sulfonamides is 1. The number of nitrogens with one attached hydrogen (secondary N) is 1. The second-order valence-corrected chi connectivity index (χ2v) is 9.10. The molecular weight excluding hydrogens is 363 g/mol. The van der Waals surface area contributed by atoms with Gasteiger partial charge < -0.3 is 16.2 Å². The minimum atomic E-state index is -3.28. The average molecular weight is 388 g/mol. The van der Waals surface area contributed by atoms with Crippen LogP contribution in [0.2, 0.25) is 0 Å². The Bertz CT molecular complexity index is 779. The molecule has 8 nitrogen and oxygen atoms in total. The molecule has 4 N–H and O–H groups in total. The number of primary amides is 1. The summed E-state index contributed by atoms with van der Waals surface area (Å²) in [6.07, 6.45) is 1.24. The molecule has 1 amide bonds. The van der Waals surface area contributed by atoms with Crippen LogP contribution in [0.1, 0.15) is 36.3 Å². The molecule has 0 unspecified atom stereocenters. The molecule has 146 valence electrons. The van der Waals surface area contributed by atoms with Crippen molar-refractivity contribution in [2.75, 3.05) is 24.7 Å². The second-order valence-electron chi connectivity index (χ2n) is 7.12. The van der Waals surface area contributed by atoms with E-state index in [0.717, 1.165) is 6.26 Å². The molecule has 2 atom stereocenters. The van der Waals surface area contributed by atoms with Gasteiger partial charge in [-0.2, -0.15) is 0 Å². The number of halogens is 1. The maximum Gasteiger partial charge on any atom is 0.252 e. The number of nitrogens with zero attached hydrogens (tertiary/aromatic N) is 2. The molecule has 0 saturated carbocycles. The Morgan fingerprint density at radius 3 is 2.73 bits per heavy atom. The normalized spacial score (nSPS) is 20.1. The smallest absolute Gasteiger partial charge is 0.252 e. The van der Waals surface area contributed by atoms with Gasteiger partial charge in [0.1, 0.15) is 6.17 Å². The Hall–Kier alpha value is -1.78. The predicted molar refractivity (Wildman–Crippen MR) is 96.1 cm³/mol. The minimum absolute atomic E-state index is 0.0530. The van der Waals surface area contributed by atoms with Gasteiger partial charge in [-0.15, -0.1) is 0 Å². The summed E-state index contributed by atoms with van der Waals surface area (Å²) in [7, 11) is -3.28. The highest BCUT2D eigenvalue weighted by atomic mass is 32.2. The first-order valence-electron chi connectivity index (χ1n) is 8.25. The number of anilines is 1. The highest BCUT2D eigenvalue weighted by Gasteiger charge is 2.31. The molecule has 1 aliphatic heterocycles. The SMILES string of the molecule is CC(C)(O)[C@H](F)Cc1nccc(N[C@@H]2CCN(S(C)(=O)=O)C2)c1C(N)=O. The summed E-state index contributed by atoms with van der Waals surface area (Å²) in [4.78, 5) is 16.0. The molecule has 0 spiro atoms. The van der Waals surface area contributed by atoms with E-state index in [9.17, 15) is 22.7 Å². The Morgan fingerprint density at radius 1 is 1.58 bits per heavy atom. The van der Waals surface area contributed by atoms with E-state index in [1.165, 1.54) is 24.3 Å². The van der Waals surface area contributed by atoms with Crippen molar-refractivity contribution < 1.29 is 22.7 Å². The number of nitrogens with two attached hydrogens (primary N) is 1. The van der Waals surface area contributed by atoms with Gasteiger partial charge in [0, 0.05) is 31.7 Å². The van der Waals surface area contributed by atoms with Gasteiger partial charge in [0.05, 0.1) is 28.8 Å². The van der Waals surface area contributed by atoms with Crippen molar-refractivity contribution in [3.8, 4) is 0 Å². The molecule has 0 aromatic carbocycles. The van der Waals surface area contributed by atoms with Crippen molar-refractivity contribution in [1.82, 2.24) is 9.29 Å². The van der Waals surface area contributed by atoms with Crippen molar-refractivity contribution in [3.63, 3.8) is 0 Å². The molecule has 0 aliphatic carbocycles. The van der Waals surface area contributed by atoms with Crippen LogP contribution in [0, 0.1) is 0 Å². The predicted octanol–water partition coefficient (Wildman–Crippen LogP) is 0.278. The fourth-order valence-electron chi connectivity index (χ4n) is 2.84. The first kappa shape index (κ1) is 20.5.